The molecule has 0 heterocycles. The average molecular weight is 221 g/mol. The average Bonchev–Trinajstić information content (AvgIpc) is 2.15. The summed E-state index contributed by atoms with van der Waals surface area (Å²) in [4.78, 5) is 12.4. The summed E-state index contributed by atoms with van der Waals surface area (Å²) in [5, 5.41) is 18.5. The van der Waals surface area contributed by atoms with E-state index in [0.717, 1.165) is 24.8 Å². The first-order chi connectivity index (χ1) is 7.56. The topological polar surface area (TPSA) is 60.8 Å². The third kappa shape index (κ3) is 1.50. The van der Waals surface area contributed by atoms with Crippen molar-refractivity contribution in [3.8, 4) is 5.75 Å². The Hall–Kier alpha value is -1.71. The van der Waals surface area contributed by atoms with Crippen LogP contribution >= 0.6 is 0 Å². The SMILES string of the molecule is CN(C(=O)O)C1(c2cccc(O)c2)CCC1. The number of hydrogen-bond donors (Lipinski definition) is 2. The van der Waals surface area contributed by atoms with E-state index in [4.69, 9.17) is 5.11 Å². The number of carbonyl (C=O) groups is 1. The van der Waals surface area contributed by atoms with Crippen LogP contribution in [0.5, 0.6) is 5.75 Å². The van der Waals surface area contributed by atoms with Crippen LogP contribution in [0.15, 0.2) is 24.3 Å². The molecule has 0 unspecified atom stereocenters. The van der Waals surface area contributed by atoms with Crippen LogP contribution in [0.3, 0.4) is 0 Å². The van der Waals surface area contributed by atoms with Gasteiger partial charge in [-0.05, 0) is 37.0 Å². The number of aromatic hydroxyl groups is 1. The van der Waals surface area contributed by atoms with Crippen molar-refractivity contribution in [2.75, 3.05) is 7.05 Å². The van der Waals surface area contributed by atoms with Gasteiger partial charge in [0.1, 0.15) is 5.75 Å². The maximum absolute atomic E-state index is 11.1. The van der Waals surface area contributed by atoms with Crippen LogP contribution in [0.1, 0.15) is 24.8 Å². The molecule has 1 amide bonds. The Morgan fingerprint density at radius 3 is 2.56 bits per heavy atom. The first-order valence-corrected chi connectivity index (χ1v) is 5.32. The van der Waals surface area contributed by atoms with Crippen molar-refractivity contribution in [3.63, 3.8) is 0 Å². The molecule has 0 atom stereocenters. The molecule has 1 aromatic carbocycles. The van der Waals surface area contributed by atoms with Crippen molar-refractivity contribution in [3.05, 3.63) is 29.8 Å². The van der Waals surface area contributed by atoms with Crippen LogP contribution in [0.4, 0.5) is 4.79 Å². The molecular weight excluding hydrogens is 206 g/mol. The van der Waals surface area contributed by atoms with Crippen molar-refractivity contribution in [1.29, 1.82) is 0 Å². The third-order valence-corrected chi connectivity index (χ3v) is 3.49. The minimum absolute atomic E-state index is 0.183. The van der Waals surface area contributed by atoms with E-state index in [-0.39, 0.29) is 5.75 Å². The third-order valence-electron chi connectivity index (χ3n) is 3.49. The molecule has 1 aliphatic rings. The van der Waals surface area contributed by atoms with Crippen molar-refractivity contribution in [2.24, 2.45) is 0 Å². The second-order valence-electron chi connectivity index (χ2n) is 4.28. The number of amides is 1. The van der Waals surface area contributed by atoms with E-state index < -0.39 is 11.6 Å². The molecule has 16 heavy (non-hydrogen) atoms. The highest BCUT2D eigenvalue weighted by Crippen LogP contribution is 2.46. The van der Waals surface area contributed by atoms with E-state index in [0.29, 0.717) is 0 Å². The number of phenols is 1. The highest BCUT2D eigenvalue weighted by molar-refractivity contribution is 5.66. The van der Waals surface area contributed by atoms with E-state index in [9.17, 15) is 9.90 Å². The molecule has 0 aromatic heterocycles. The van der Waals surface area contributed by atoms with Gasteiger partial charge in [-0.15, -0.1) is 0 Å². The molecule has 1 saturated carbocycles. The summed E-state index contributed by atoms with van der Waals surface area (Å²) < 4.78 is 0. The van der Waals surface area contributed by atoms with Crippen molar-refractivity contribution < 1.29 is 15.0 Å². The number of benzene rings is 1. The summed E-state index contributed by atoms with van der Waals surface area (Å²) >= 11 is 0. The lowest BCUT2D eigenvalue weighted by molar-refractivity contribution is 0.0376. The van der Waals surface area contributed by atoms with Gasteiger partial charge in [-0.2, -0.15) is 0 Å². The minimum Gasteiger partial charge on any atom is -0.508 e. The van der Waals surface area contributed by atoms with Crippen LogP contribution in [0, 0.1) is 0 Å². The Labute approximate surface area is 94.1 Å². The Morgan fingerprint density at radius 1 is 1.44 bits per heavy atom. The predicted molar refractivity (Wildman–Crippen MR) is 59.4 cm³/mol. The molecule has 4 heteroatoms. The molecule has 2 rings (SSSR count). The number of phenolic OH excluding ortho intramolecular Hbond substituents is 1. The standard InChI is InChI=1S/C12H15NO3/c1-13(11(15)16)12(6-3-7-12)9-4-2-5-10(14)8-9/h2,4-5,8,14H,3,6-7H2,1H3,(H,15,16). The highest BCUT2D eigenvalue weighted by Gasteiger charge is 2.44. The van der Waals surface area contributed by atoms with Gasteiger partial charge in [0, 0.05) is 7.05 Å². The van der Waals surface area contributed by atoms with Gasteiger partial charge in [-0.1, -0.05) is 12.1 Å². The van der Waals surface area contributed by atoms with E-state index >= 15 is 0 Å². The summed E-state index contributed by atoms with van der Waals surface area (Å²) in [6, 6.07) is 6.87. The van der Waals surface area contributed by atoms with Crippen LogP contribution in [0.25, 0.3) is 0 Å². The van der Waals surface area contributed by atoms with Crippen LogP contribution < -0.4 is 0 Å². The normalized spacial score (nSPS) is 17.6. The lowest BCUT2D eigenvalue weighted by Gasteiger charge is -2.47. The molecule has 0 aliphatic heterocycles. The molecule has 0 spiro atoms. The van der Waals surface area contributed by atoms with Crippen molar-refractivity contribution in [1.82, 2.24) is 4.90 Å². The number of carboxylic acid groups (broad SMARTS) is 1. The monoisotopic (exact) mass is 221 g/mol. The Kier molecular flexibility index (Phi) is 2.50. The summed E-state index contributed by atoms with van der Waals surface area (Å²) in [6.07, 6.45) is 1.73. The number of rotatable bonds is 2. The molecule has 0 radical (unpaired) electrons. The zero-order chi connectivity index (χ0) is 11.8. The van der Waals surface area contributed by atoms with Gasteiger partial charge in [0.05, 0.1) is 5.54 Å². The maximum atomic E-state index is 11.1. The first-order valence-electron chi connectivity index (χ1n) is 5.32. The van der Waals surface area contributed by atoms with E-state index in [1.165, 1.54) is 4.90 Å². The van der Waals surface area contributed by atoms with Crippen LogP contribution in [0.2, 0.25) is 0 Å². The number of hydrogen-bond acceptors (Lipinski definition) is 2. The summed E-state index contributed by atoms with van der Waals surface area (Å²) in [5.41, 5.74) is 0.438. The fraction of sp³-hybridized carbons (Fsp3) is 0.417. The second kappa shape index (κ2) is 3.70. The summed E-state index contributed by atoms with van der Waals surface area (Å²) in [7, 11) is 1.59. The van der Waals surface area contributed by atoms with Crippen molar-refractivity contribution in [2.45, 2.75) is 24.8 Å². The molecule has 0 bridgehead atoms. The van der Waals surface area contributed by atoms with Gasteiger partial charge in [-0.25, -0.2) is 4.79 Å². The molecule has 86 valence electrons. The van der Waals surface area contributed by atoms with Gasteiger partial charge in [-0.3, -0.25) is 0 Å². The number of nitrogens with zero attached hydrogens (tertiary/aromatic N) is 1. The van der Waals surface area contributed by atoms with Crippen LogP contribution in [-0.4, -0.2) is 28.3 Å². The van der Waals surface area contributed by atoms with Crippen molar-refractivity contribution >= 4 is 6.09 Å². The first kappa shape index (κ1) is 10.8. The lowest BCUT2D eigenvalue weighted by atomic mass is 9.71. The quantitative estimate of drug-likeness (QED) is 0.806. The second-order valence-corrected chi connectivity index (χ2v) is 4.28. The summed E-state index contributed by atoms with van der Waals surface area (Å²) in [5.74, 6) is 0.183. The van der Waals surface area contributed by atoms with Gasteiger partial charge < -0.3 is 15.1 Å². The van der Waals surface area contributed by atoms with E-state index in [1.54, 1.807) is 25.2 Å². The largest absolute Gasteiger partial charge is 0.508 e. The molecule has 1 fully saturated rings. The minimum atomic E-state index is -0.928. The van der Waals surface area contributed by atoms with Gasteiger partial charge in [0.25, 0.3) is 0 Å². The molecule has 1 aliphatic carbocycles. The Morgan fingerprint density at radius 2 is 2.12 bits per heavy atom. The van der Waals surface area contributed by atoms with Gasteiger partial charge in [0.15, 0.2) is 0 Å². The zero-order valence-electron chi connectivity index (χ0n) is 9.18. The molecule has 1 aromatic rings. The Balaban J connectivity index is 2.38. The molecule has 2 N–H and O–H groups in total. The zero-order valence-corrected chi connectivity index (χ0v) is 9.18. The fourth-order valence-electron chi connectivity index (χ4n) is 2.31. The van der Waals surface area contributed by atoms with Gasteiger partial charge in [0.2, 0.25) is 0 Å². The predicted octanol–water partition coefficient (Wildman–Crippen LogP) is 2.38. The highest BCUT2D eigenvalue weighted by atomic mass is 16.4. The molecule has 4 nitrogen and oxygen atoms in total. The molecular formula is C12H15NO3. The van der Waals surface area contributed by atoms with E-state index in [2.05, 4.69) is 0 Å². The van der Waals surface area contributed by atoms with E-state index in [1.807, 2.05) is 6.07 Å². The Bertz CT molecular complexity index is 412. The summed E-state index contributed by atoms with van der Waals surface area (Å²) in [6.45, 7) is 0. The van der Waals surface area contributed by atoms with Crippen LogP contribution in [-0.2, 0) is 5.54 Å². The molecule has 0 saturated heterocycles. The fourth-order valence-corrected chi connectivity index (χ4v) is 2.31. The maximum Gasteiger partial charge on any atom is 0.407 e. The van der Waals surface area contributed by atoms with Gasteiger partial charge >= 0.3 is 6.09 Å². The smallest absolute Gasteiger partial charge is 0.407 e. The lowest BCUT2D eigenvalue weighted by Crippen LogP contribution is -2.51.